The second kappa shape index (κ2) is 40.1. The first-order valence-corrected chi connectivity index (χ1v) is 29.5. The van der Waals surface area contributed by atoms with E-state index in [2.05, 4.69) is 36.4 Å². The average molecular weight is 1220 g/mol. The minimum Gasteiger partial charge on any atom is -0.463 e. The molecule has 4 saturated heterocycles. The topological polar surface area (TPSA) is 466 Å². The highest BCUT2D eigenvalue weighted by Gasteiger charge is 2.54. The summed E-state index contributed by atoms with van der Waals surface area (Å²) in [6, 6.07) is 0. The lowest BCUT2D eigenvalue weighted by atomic mass is 9.96. The number of esters is 1. The van der Waals surface area contributed by atoms with Gasteiger partial charge in [0.1, 0.15) is 122 Å². The average Bonchev–Trinajstić information content (AvgIpc) is 3.50. The molecule has 0 bridgehead atoms. The van der Waals surface area contributed by atoms with Crippen LogP contribution < -0.4 is 0 Å². The molecule has 0 spiro atoms. The van der Waals surface area contributed by atoms with E-state index in [0.717, 1.165) is 51.4 Å². The molecule has 0 aromatic heterocycles. The lowest BCUT2D eigenvalue weighted by Crippen LogP contribution is -2.66. The quantitative estimate of drug-likeness (QED) is 0.00915. The molecule has 0 unspecified atom stereocenters. The number of unbranched alkanes of at least 4 members (excludes halogenated alkanes) is 15. The van der Waals surface area contributed by atoms with Crippen molar-refractivity contribution in [1.82, 2.24) is 0 Å². The molecule has 0 amide bonds. The Morgan fingerprint density at radius 2 is 0.940 bits per heavy atom. The Hall–Kier alpha value is -2.58. The maximum Gasteiger partial charge on any atom is 0.347 e. The first-order chi connectivity index (χ1) is 40.3. The summed E-state index contributed by atoms with van der Waals surface area (Å²) in [6.45, 7) is -3.37. The molecule has 29 nitrogen and oxygen atoms in total. The third-order valence-corrected chi connectivity index (χ3v) is 15.1. The van der Waals surface area contributed by atoms with E-state index in [1.165, 1.54) is 51.4 Å². The smallest absolute Gasteiger partial charge is 0.347 e. The van der Waals surface area contributed by atoms with E-state index in [1.54, 1.807) is 0 Å². The van der Waals surface area contributed by atoms with Gasteiger partial charge in [-0.05, 0) is 32.1 Å². The van der Waals surface area contributed by atoms with Crippen LogP contribution >= 0.6 is 0 Å². The number of aliphatic hydroxyl groups excluding tert-OH is 17. The van der Waals surface area contributed by atoms with E-state index in [4.69, 9.17) is 47.5 Å². The van der Waals surface area contributed by atoms with Crippen molar-refractivity contribution in [2.75, 3.05) is 46.2 Å². The third kappa shape index (κ3) is 23.1. The molecule has 4 rings (SSSR count). The second-order valence-electron chi connectivity index (χ2n) is 21.6. The fourth-order valence-corrected chi connectivity index (χ4v) is 9.88. The van der Waals surface area contributed by atoms with Gasteiger partial charge in [0.15, 0.2) is 25.2 Å². The molecule has 29 heteroatoms. The molecule has 0 saturated carbocycles. The number of aliphatic hydroxyl groups is 17. The highest BCUT2D eigenvalue weighted by molar-refractivity contribution is 5.71. The number of carbonyl (C=O) groups excluding carboxylic acids is 1. The first-order valence-electron chi connectivity index (χ1n) is 29.5. The minimum absolute atomic E-state index is 0.0836. The Morgan fingerprint density at radius 3 is 1.46 bits per heavy atom. The fraction of sp³-hybridized carbons (Fsp3) is 0.891. The monoisotopic (exact) mass is 1220 g/mol. The molecule has 0 aromatic rings. The van der Waals surface area contributed by atoms with Gasteiger partial charge >= 0.3 is 5.97 Å². The van der Waals surface area contributed by atoms with Crippen molar-refractivity contribution in [3.8, 4) is 0 Å². The summed E-state index contributed by atoms with van der Waals surface area (Å²) in [5.74, 6) is -0.833. The number of nitrogens with zero attached hydrogens (tertiary/aromatic N) is 1. The van der Waals surface area contributed by atoms with Crippen molar-refractivity contribution >= 4 is 12.2 Å². The van der Waals surface area contributed by atoms with E-state index in [1.807, 2.05) is 0 Å². The Bertz CT molecular complexity index is 1840. The van der Waals surface area contributed by atoms with Crippen molar-refractivity contribution in [3.05, 3.63) is 24.3 Å². The second-order valence-corrected chi connectivity index (χ2v) is 21.6. The summed E-state index contributed by atoms with van der Waals surface area (Å²) in [5.41, 5.74) is 0. The first kappa shape index (κ1) is 73.9. The van der Waals surface area contributed by atoms with Gasteiger partial charge < -0.3 is 134 Å². The van der Waals surface area contributed by atoms with Crippen LogP contribution in [0.5, 0.6) is 0 Å². The number of allylic oxidation sites excluding steroid dienone is 4. The number of oxime groups is 1. The van der Waals surface area contributed by atoms with E-state index >= 15 is 0 Å². The zero-order valence-corrected chi connectivity index (χ0v) is 47.8. The summed E-state index contributed by atoms with van der Waals surface area (Å²) in [7, 11) is 0. The standard InChI is InChI=1S/C55H97NO28/c1-2-3-4-5-6-7-8-9-10-11-12-13-14-15-16-17-18-19-20-21-22-23-75-37(63)30-77-56-24-31(61)49(82-53-46(72)43(69)39(65)34(27-59)79-53)50(32(62)25-57)83-55-48(74)51(84-54-47(73)44(70)40(66)35(28-60)80-54)41(67)36(81-55)29-76-52-45(71)42(68)38(64)33(26-58)78-52/h11-14,24,31-36,38-55,57-62,64-74H,2-10,15-23,25-30H2,1H3/b12-11+,14-13+,56-24+/t31-,32-,33-,34-,35-,36-,38-,39-,40-,41-,42+,43+,44+,45+,46+,47+,48+,49-,50-,51+,52+,53-,54-,55-/m1/s1. The van der Waals surface area contributed by atoms with Gasteiger partial charge in [-0.1, -0.05) is 113 Å². The molecule has 0 radical (unpaired) electrons. The molecule has 490 valence electrons. The van der Waals surface area contributed by atoms with Crippen LogP contribution in [0, 0.1) is 0 Å². The summed E-state index contributed by atoms with van der Waals surface area (Å²) >= 11 is 0. The zero-order chi connectivity index (χ0) is 61.7. The minimum atomic E-state index is -2.33. The van der Waals surface area contributed by atoms with Gasteiger partial charge in [-0.25, -0.2) is 4.79 Å². The molecule has 84 heavy (non-hydrogen) atoms. The Labute approximate surface area is 489 Å². The van der Waals surface area contributed by atoms with Gasteiger partial charge in [0.05, 0.1) is 45.9 Å². The van der Waals surface area contributed by atoms with Gasteiger partial charge in [0.2, 0.25) is 6.61 Å². The Morgan fingerprint density at radius 1 is 0.500 bits per heavy atom. The number of hydrogen-bond donors (Lipinski definition) is 17. The molecule has 17 N–H and O–H groups in total. The van der Waals surface area contributed by atoms with Crippen molar-refractivity contribution in [2.45, 2.75) is 263 Å². The lowest BCUT2D eigenvalue weighted by Gasteiger charge is -2.48. The van der Waals surface area contributed by atoms with Crippen molar-refractivity contribution in [2.24, 2.45) is 5.16 Å². The molecular weight excluding hydrogens is 1120 g/mol. The van der Waals surface area contributed by atoms with Crippen molar-refractivity contribution in [3.63, 3.8) is 0 Å². The maximum atomic E-state index is 12.5. The third-order valence-electron chi connectivity index (χ3n) is 15.1. The van der Waals surface area contributed by atoms with Crippen LogP contribution in [0.1, 0.15) is 116 Å². The number of rotatable bonds is 40. The largest absolute Gasteiger partial charge is 0.463 e. The predicted octanol–water partition coefficient (Wildman–Crippen LogP) is -3.97. The van der Waals surface area contributed by atoms with Crippen LogP contribution in [-0.2, 0) is 52.3 Å². The molecule has 4 heterocycles. The molecule has 0 aromatic carbocycles. The van der Waals surface area contributed by atoms with Gasteiger partial charge in [0.25, 0.3) is 0 Å². The van der Waals surface area contributed by atoms with Crippen LogP contribution in [0.25, 0.3) is 0 Å². The number of carbonyl (C=O) groups is 1. The molecule has 4 fully saturated rings. The zero-order valence-electron chi connectivity index (χ0n) is 47.8. The lowest BCUT2D eigenvalue weighted by molar-refractivity contribution is -0.379. The summed E-state index contributed by atoms with van der Waals surface area (Å²) in [5, 5.41) is 184. The Kier molecular flexibility index (Phi) is 35.3. The van der Waals surface area contributed by atoms with Crippen LogP contribution in [0.15, 0.2) is 29.5 Å². The Balaban J connectivity index is 1.39. The number of ether oxygens (including phenoxy) is 9. The fourth-order valence-electron chi connectivity index (χ4n) is 9.88. The van der Waals surface area contributed by atoms with Gasteiger partial charge in [-0.3, -0.25) is 0 Å². The SMILES string of the molecule is CCCCCCCCCC/C=C/C=C/CCCCCCCCCOC(=O)CO/N=C/[C@@H](O)[C@@H](O[C@H]1O[C@H](CO)[C@@H](O)[C@H](O)[C@@H]1O)[C@H](O[C@H]1O[C@H](CO[C@H]2O[C@H](CO)[C@@H](O)[C@H](O)[C@@H]2O)[C@@H](O)[C@H](O[C@H]2O[C@H](CO)[C@@H](O)[C@H](O)[C@@H]2O)[C@@H]1O)[C@H](O)CO. The van der Waals surface area contributed by atoms with E-state index in [9.17, 15) is 91.6 Å². The highest BCUT2D eigenvalue weighted by atomic mass is 16.8. The van der Waals surface area contributed by atoms with E-state index < -0.39 is 193 Å². The summed E-state index contributed by atoms with van der Waals surface area (Å²) in [6.07, 6.45) is -19.6. The van der Waals surface area contributed by atoms with Gasteiger partial charge in [-0.15, -0.1) is 0 Å². The van der Waals surface area contributed by atoms with Crippen LogP contribution in [-0.4, -0.2) is 292 Å². The van der Waals surface area contributed by atoms with Crippen LogP contribution in [0.2, 0.25) is 0 Å². The van der Waals surface area contributed by atoms with Gasteiger partial charge in [0, 0.05) is 0 Å². The van der Waals surface area contributed by atoms with Crippen LogP contribution in [0.4, 0.5) is 0 Å². The summed E-state index contributed by atoms with van der Waals surface area (Å²) < 4.78 is 50.4. The molecule has 24 atom stereocenters. The van der Waals surface area contributed by atoms with E-state index in [0.29, 0.717) is 12.6 Å². The van der Waals surface area contributed by atoms with Crippen molar-refractivity contribution in [1.29, 1.82) is 0 Å². The molecule has 0 aliphatic carbocycles. The normalized spacial score (nSPS) is 35.6. The number of hydrogen-bond acceptors (Lipinski definition) is 29. The van der Waals surface area contributed by atoms with E-state index in [-0.39, 0.29) is 6.61 Å². The van der Waals surface area contributed by atoms with Gasteiger partial charge in [-0.2, -0.15) is 0 Å². The summed E-state index contributed by atoms with van der Waals surface area (Å²) in [4.78, 5) is 17.6. The highest BCUT2D eigenvalue weighted by Crippen LogP contribution is 2.34. The van der Waals surface area contributed by atoms with Crippen molar-refractivity contribution < 1.29 is 139 Å². The maximum absolute atomic E-state index is 12.5. The molecule has 4 aliphatic heterocycles. The van der Waals surface area contributed by atoms with Crippen LogP contribution in [0.3, 0.4) is 0 Å². The predicted molar refractivity (Wildman–Crippen MR) is 289 cm³/mol. The molecule has 4 aliphatic rings. The molecular formula is C55H97NO28.